The molecular formula is C12H13N3O3. The first-order valence-electron chi connectivity index (χ1n) is 5.34. The molecule has 0 heterocycles. The molecule has 0 spiro atoms. The van der Waals surface area contributed by atoms with Crippen LogP contribution >= 0.6 is 0 Å². The number of nitro benzene ring substituents is 1. The number of hydrogen-bond acceptors (Lipinski definition) is 4. The molecule has 1 aromatic carbocycles. The van der Waals surface area contributed by atoms with Crippen molar-refractivity contribution in [1.29, 1.82) is 0 Å². The molecule has 1 rings (SSSR count). The number of nitrogens with one attached hydrogen (secondary N) is 2. The predicted molar refractivity (Wildman–Crippen MR) is 68.4 cm³/mol. The van der Waals surface area contributed by atoms with E-state index in [1.807, 2.05) is 0 Å². The Balaban J connectivity index is 3.07. The van der Waals surface area contributed by atoms with Gasteiger partial charge < -0.3 is 10.6 Å². The molecule has 94 valence electrons. The first-order valence-corrected chi connectivity index (χ1v) is 5.34. The van der Waals surface area contributed by atoms with Crippen LogP contribution in [0.3, 0.4) is 0 Å². The highest BCUT2D eigenvalue weighted by Gasteiger charge is 2.16. The van der Waals surface area contributed by atoms with Gasteiger partial charge in [-0.3, -0.25) is 14.9 Å². The fourth-order valence-corrected chi connectivity index (χ4v) is 1.38. The number of anilines is 1. The lowest BCUT2D eigenvalue weighted by atomic mass is 10.1. The van der Waals surface area contributed by atoms with Gasteiger partial charge in [0, 0.05) is 18.2 Å². The summed E-state index contributed by atoms with van der Waals surface area (Å²) in [4.78, 5) is 21.9. The molecule has 6 nitrogen and oxygen atoms in total. The highest BCUT2D eigenvalue weighted by molar-refractivity contribution is 5.95. The minimum absolute atomic E-state index is 0.172. The van der Waals surface area contributed by atoms with Crippen molar-refractivity contribution >= 4 is 17.3 Å². The quantitative estimate of drug-likeness (QED) is 0.468. The summed E-state index contributed by atoms with van der Waals surface area (Å²) >= 11 is 0. The van der Waals surface area contributed by atoms with E-state index in [4.69, 9.17) is 6.42 Å². The second kappa shape index (κ2) is 6.25. The van der Waals surface area contributed by atoms with Gasteiger partial charge in [0.2, 0.25) is 0 Å². The van der Waals surface area contributed by atoms with Gasteiger partial charge in [-0.1, -0.05) is 5.92 Å². The van der Waals surface area contributed by atoms with Crippen LogP contribution in [0.4, 0.5) is 11.4 Å². The second-order valence-electron chi connectivity index (χ2n) is 3.41. The van der Waals surface area contributed by atoms with Crippen molar-refractivity contribution in [3.05, 3.63) is 33.9 Å². The summed E-state index contributed by atoms with van der Waals surface area (Å²) in [6.07, 6.45) is 5.07. The van der Waals surface area contributed by atoms with Crippen LogP contribution in [-0.2, 0) is 0 Å². The molecule has 0 atom stereocenters. The minimum atomic E-state index is -0.554. The van der Waals surface area contributed by atoms with Crippen molar-refractivity contribution in [2.24, 2.45) is 0 Å². The van der Waals surface area contributed by atoms with Crippen molar-refractivity contribution in [2.45, 2.75) is 6.92 Å². The molecule has 0 saturated carbocycles. The lowest BCUT2D eigenvalue weighted by Gasteiger charge is -2.06. The van der Waals surface area contributed by atoms with Crippen molar-refractivity contribution in [3.63, 3.8) is 0 Å². The van der Waals surface area contributed by atoms with Crippen molar-refractivity contribution in [2.75, 3.05) is 18.4 Å². The van der Waals surface area contributed by atoms with Crippen LogP contribution in [0.5, 0.6) is 0 Å². The molecule has 18 heavy (non-hydrogen) atoms. The minimum Gasteiger partial charge on any atom is -0.369 e. The maximum atomic E-state index is 11.6. The summed E-state index contributed by atoms with van der Waals surface area (Å²) in [5.41, 5.74) is 0.370. The Hall–Kier alpha value is -2.55. The van der Waals surface area contributed by atoms with E-state index in [0.717, 1.165) is 0 Å². The number of terminal acetylenes is 1. The molecular weight excluding hydrogens is 234 g/mol. The Labute approximate surface area is 105 Å². The van der Waals surface area contributed by atoms with Crippen LogP contribution in [0.15, 0.2) is 18.2 Å². The van der Waals surface area contributed by atoms with Crippen LogP contribution < -0.4 is 10.6 Å². The zero-order chi connectivity index (χ0) is 13.5. The maximum Gasteiger partial charge on any atom is 0.293 e. The molecule has 0 fully saturated rings. The molecule has 0 unspecified atom stereocenters. The molecule has 0 aromatic heterocycles. The molecule has 0 radical (unpaired) electrons. The van der Waals surface area contributed by atoms with Gasteiger partial charge in [-0.15, -0.1) is 6.42 Å². The summed E-state index contributed by atoms with van der Waals surface area (Å²) in [6, 6.07) is 4.21. The zero-order valence-electron chi connectivity index (χ0n) is 9.90. The van der Waals surface area contributed by atoms with E-state index < -0.39 is 4.92 Å². The number of carbonyl (C=O) groups excluding carboxylic acids is 1. The van der Waals surface area contributed by atoms with Gasteiger partial charge in [0.05, 0.1) is 11.5 Å². The van der Waals surface area contributed by atoms with Crippen LogP contribution in [-0.4, -0.2) is 23.9 Å². The van der Waals surface area contributed by atoms with E-state index in [9.17, 15) is 14.9 Å². The summed E-state index contributed by atoms with van der Waals surface area (Å²) in [5, 5.41) is 16.2. The van der Waals surface area contributed by atoms with E-state index in [1.54, 1.807) is 6.92 Å². The highest BCUT2D eigenvalue weighted by Crippen LogP contribution is 2.25. The van der Waals surface area contributed by atoms with E-state index in [-0.39, 0.29) is 23.7 Å². The normalized spacial score (nSPS) is 9.33. The molecule has 6 heteroatoms. The molecule has 0 aliphatic heterocycles. The van der Waals surface area contributed by atoms with Gasteiger partial charge in [-0.05, 0) is 19.1 Å². The van der Waals surface area contributed by atoms with Crippen LogP contribution in [0.25, 0.3) is 0 Å². The van der Waals surface area contributed by atoms with Crippen LogP contribution in [0.2, 0.25) is 0 Å². The number of rotatable bonds is 5. The van der Waals surface area contributed by atoms with E-state index in [2.05, 4.69) is 16.6 Å². The monoisotopic (exact) mass is 247 g/mol. The fourth-order valence-electron chi connectivity index (χ4n) is 1.38. The average molecular weight is 247 g/mol. The lowest BCUT2D eigenvalue weighted by molar-refractivity contribution is -0.384. The first-order chi connectivity index (χ1) is 8.60. The topological polar surface area (TPSA) is 84.3 Å². The van der Waals surface area contributed by atoms with Crippen LogP contribution in [0, 0.1) is 22.5 Å². The molecule has 2 N–H and O–H groups in total. The highest BCUT2D eigenvalue weighted by atomic mass is 16.6. The number of hydrogen-bond donors (Lipinski definition) is 2. The number of nitro groups is 1. The Morgan fingerprint density at radius 2 is 2.28 bits per heavy atom. The third-order valence-corrected chi connectivity index (χ3v) is 2.17. The van der Waals surface area contributed by atoms with Gasteiger partial charge >= 0.3 is 0 Å². The largest absolute Gasteiger partial charge is 0.369 e. The van der Waals surface area contributed by atoms with E-state index >= 15 is 0 Å². The molecule has 0 saturated heterocycles. The van der Waals surface area contributed by atoms with E-state index in [1.165, 1.54) is 18.2 Å². The molecule has 0 bridgehead atoms. The second-order valence-corrected chi connectivity index (χ2v) is 3.41. The van der Waals surface area contributed by atoms with Gasteiger partial charge in [0.15, 0.2) is 0 Å². The zero-order valence-corrected chi connectivity index (χ0v) is 9.90. The third kappa shape index (κ3) is 3.22. The maximum absolute atomic E-state index is 11.6. The smallest absolute Gasteiger partial charge is 0.293 e. The Morgan fingerprint density at radius 1 is 1.56 bits per heavy atom. The van der Waals surface area contributed by atoms with Gasteiger partial charge in [-0.2, -0.15) is 0 Å². The SMILES string of the molecule is C#CCNc1ccc(C(=O)NCC)cc1[N+](=O)[O-]. The standard InChI is InChI=1S/C12H13N3O3/c1-3-7-14-10-6-5-9(12(16)13-4-2)8-11(10)15(17)18/h1,5-6,8,14H,4,7H2,2H3,(H,13,16). The van der Waals surface area contributed by atoms with Crippen molar-refractivity contribution in [1.82, 2.24) is 5.32 Å². The van der Waals surface area contributed by atoms with E-state index in [0.29, 0.717) is 12.2 Å². The van der Waals surface area contributed by atoms with Crippen LogP contribution in [0.1, 0.15) is 17.3 Å². The number of benzene rings is 1. The molecule has 0 aliphatic rings. The van der Waals surface area contributed by atoms with Crippen molar-refractivity contribution < 1.29 is 9.72 Å². The number of amides is 1. The molecule has 1 amide bonds. The number of nitrogens with zero attached hydrogens (tertiary/aromatic N) is 1. The van der Waals surface area contributed by atoms with Gasteiger partial charge in [-0.25, -0.2) is 0 Å². The lowest BCUT2D eigenvalue weighted by Crippen LogP contribution is -2.22. The average Bonchev–Trinajstić information content (AvgIpc) is 2.36. The first kappa shape index (κ1) is 13.5. The summed E-state index contributed by atoms with van der Waals surface area (Å²) in [6.45, 7) is 2.42. The third-order valence-electron chi connectivity index (χ3n) is 2.17. The Kier molecular flexibility index (Phi) is 4.69. The summed E-state index contributed by atoms with van der Waals surface area (Å²) in [5.74, 6) is 1.98. The Morgan fingerprint density at radius 3 is 2.83 bits per heavy atom. The Bertz CT molecular complexity index is 506. The molecule has 1 aromatic rings. The fraction of sp³-hybridized carbons (Fsp3) is 0.250. The van der Waals surface area contributed by atoms with Gasteiger partial charge in [0.25, 0.3) is 11.6 Å². The number of carbonyl (C=O) groups is 1. The van der Waals surface area contributed by atoms with Gasteiger partial charge in [0.1, 0.15) is 5.69 Å². The molecule has 0 aliphatic carbocycles. The predicted octanol–water partition coefficient (Wildman–Crippen LogP) is 1.39. The van der Waals surface area contributed by atoms with Crippen molar-refractivity contribution in [3.8, 4) is 12.3 Å². The summed E-state index contributed by atoms with van der Waals surface area (Å²) < 4.78 is 0. The summed E-state index contributed by atoms with van der Waals surface area (Å²) in [7, 11) is 0.